The minimum atomic E-state index is -0.533. The van der Waals surface area contributed by atoms with E-state index in [0.717, 1.165) is 5.69 Å². The molecule has 1 fully saturated rings. The summed E-state index contributed by atoms with van der Waals surface area (Å²) in [4.78, 5) is 16.6. The van der Waals surface area contributed by atoms with Gasteiger partial charge in [0, 0.05) is 43.1 Å². The number of nitrogens with one attached hydrogen (secondary N) is 1. The molecule has 1 heterocycles. The van der Waals surface area contributed by atoms with E-state index in [9.17, 15) is 14.4 Å². The van der Waals surface area contributed by atoms with Crippen LogP contribution in [0.25, 0.3) is 0 Å². The number of rotatable bonds is 5. The fourth-order valence-electron chi connectivity index (χ4n) is 3.05. The van der Waals surface area contributed by atoms with Gasteiger partial charge in [0.2, 0.25) is 0 Å². The molecule has 29 heavy (non-hydrogen) atoms. The van der Waals surface area contributed by atoms with Crippen molar-refractivity contribution < 1.29 is 13.9 Å². The Morgan fingerprint density at radius 3 is 2.52 bits per heavy atom. The fourth-order valence-corrected chi connectivity index (χ4v) is 3.22. The molecule has 6 nitrogen and oxygen atoms in total. The maximum Gasteiger partial charge on any atom is 0.267 e. The number of ether oxygens (including phenoxy) is 1. The summed E-state index contributed by atoms with van der Waals surface area (Å²) in [5, 5.41) is 12.5. The van der Waals surface area contributed by atoms with Crippen LogP contribution in [0.2, 0.25) is 5.02 Å². The molecule has 0 saturated carbocycles. The first-order chi connectivity index (χ1) is 14.0. The Bertz CT molecular complexity index is 948. The standard InChI is InChI=1S/C21H20ClFN4O2/c1-29-20-7-2-16(22)12-19(20)25-21(28)15(13-24)14-26-8-10-27(11-9-26)18-5-3-17(23)4-6-18/h2-7,12,14H,8-11H2,1H3,(H,25,28)/b15-14-. The molecule has 150 valence electrons. The van der Waals surface area contributed by atoms with E-state index in [0.29, 0.717) is 42.6 Å². The lowest BCUT2D eigenvalue weighted by Crippen LogP contribution is -2.44. The zero-order valence-corrected chi connectivity index (χ0v) is 16.6. The number of methoxy groups -OCH3 is 1. The molecule has 1 aliphatic heterocycles. The van der Waals surface area contributed by atoms with Gasteiger partial charge in [0.15, 0.2) is 0 Å². The molecular formula is C21H20ClFN4O2. The van der Waals surface area contributed by atoms with Gasteiger partial charge in [-0.3, -0.25) is 4.79 Å². The molecule has 0 bridgehead atoms. The average Bonchev–Trinajstić information content (AvgIpc) is 2.73. The van der Waals surface area contributed by atoms with Crippen LogP contribution in [0.15, 0.2) is 54.2 Å². The number of nitrogens with zero attached hydrogens (tertiary/aromatic N) is 3. The summed E-state index contributed by atoms with van der Waals surface area (Å²) in [5.74, 6) is -0.349. The van der Waals surface area contributed by atoms with Crippen LogP contribution in [0, 0.1) is 17.1 Å². The van der Waals surface area contributed by atoms with E-state index in [-0.39, 0.29) is 11.4 Å². The van der Waals surface area contributed by atoms with Crippen molar-refractivity contribution in [3.05, 3.63) is 65.1 Å². The Morgan fingerprint density at radius 2 is 1.90 bits per heavy atom. The fraction of sp³-hybridized carbons (Fsp3) is 0.238. The van der Waals surface area contributed by atoms with Crippen molar-refractivity contribution in [3.63, 3.8) is 0 Å². The van der Waals surface area contributed by atoms with E-state index in [1.165, 1.54) is 19.2 Å². The number of piperazine rings is 1. The van der Waals surface area contributed by atoms with Crippen molar-refractivity contribution >= 4 is 28.9 Å². The largest absolute Gasteiger partial charge is 0.495 e. The molecule has 8 heteroatoms. The van der Waals surface area contributed by atoms with E-state index < -0.39 is 5.91 Å². The Kier molecular flexibility index (Phi) is 6.57. The van der Waals surface area contributed by atoms with Crippen molar-refractivity contribution in [1.82, 2.24) is 4.90 Å². The molecule has 0 spiro atoms. The van der Waals surface area contributed by atoms with Gasteiger partial charge >= 0.3 is 0 Å². The number of hydrogen-bond donors (Lipinski definition) is 1. The number of anilines is 2. The summed E-state index contributed by atoms with van der Waals surface area (Å²) >= 11 is 5.98. The molecule has 0 radical (unpaired) electrons. The molecule has 3 rings (SSSR count). The normalized spacial score (nSPS) is 14.3. The smallest absolute Gasteiger partial charge is 0.267 e. The SMILES string of the molecule is COc1ccc(Cl)cc1NC(=O)/C(C#N)=C\N1CCN(c2ccc(F)cc2)CC1. The van der Waals surface area contributed by atoms with Gasteiger partial charge in [0.1, 0.15) is 23.2 Å². The van der Waals surface area contributed by atoms with Crippen LogP contribution in [0.5, 0.6) is 5.75 Å². The predicted molar refractivity (Wildman–Crippen MR) is 111 cm³/mol. The number of carbonyl (C=O) groups is 1. The molecule has 1 aliphatic rings. The molecule has 1 N–H and O–H groups in total. The molecule has 0 unspecified atom stereocenters. The van der Waals surface area contributed by atoms with Crippen molar-refractivity contribution in [2.45, 2.75) is 0 Å². The molecule has 0 aliphatic carbocycles. The molecule has 0 atom stereocenters. The Hall–Kier alpha value is -3.24. The van der Waals surface area contributed by atoms with Gasteiger partial charge in [-0.25, -0.2) is 4.39 Å². The lowest BCUT2D eigenvalue weighted by molar-refractivity contribution is -0.112. The van der Waals surface area contributed by atoms with Crippen molar-refractivity contribution in [2.24, 2.45) is 0 Å². The summed E-state index contributed by atoms with van der Waals surface area (Å²) in [6.07, 6.45) is 1.56. The van der Waals surface area contributed by atoms with Crippen molar-refractivity contribution in [1.29, 1.82) is 5.26 Å². The zero-order valence-electron chi connectivity index (χ0n) is 15.9. The lowest BCUT2D eigenvalue weighted by atomic mass is 10.2. The highest BCUT2D eigenvalue weighted by Crippen LogP contribution is 2.28. The molecule has 1 amide bonds. The van der Waals surface area contributed by atoms with Gasteiger partial charge in [-0.05, 0) is 42.5 Å². The minimum absolute atomic E-state index is 0.0118. The number of carbonyl (C=O) groups excluding carboxylic acids is 1. The number of amides is 1. The van der Waals surface area contributed by atoms with Crippen LogP contribution in [0.4, 0.5) is 15.8 Å². The van der Waals surface area contributed by atoms with Gasteiger partial charge < -0.3 is 19.9 Å². The Morgan fingerprint density at radius 1 is 1.21 bits per heavy atom. The molecule has 2 aromatic rings. The highest BCUT2D eigenvalue weighted by atomic mass is 35.5. The molecule has 1 saturated heterocycles. The van der Waals surface area contributed by atoms with E-state index >= 15 is 0 Å². The highest BCUT2D eigenvalue weighted by Gasteiger charge is 2.18. The molecule has 0 aromatic heterocycles. The second kappa shape index (κ2) is 9.30. The predicted octanol–water partition coefficient (Wildman–Crippen LogP) is 3.66. The summed E-state index contributed by atoms with van der Waals surface area (Å²) in [6, 6.07) is 13.2. The third kappa shape index (κ3) is 5.18. The van der Waals surface area contributed by atoms with E-state index in [4.69, 9.17) is 16.3 Å². The van der Waals surface area contributed by atoms with Crippen LogP contribution in [-0.2, 0) is 4.79 Å². The first-order valence-electron chi connectivity index (χ1n) is 9.01. The summed E-state index contributed by atoms with van der Waals surface area (Å²) in [6.45, 7) is 2.67. The van der Waals surface area contributed by atoms with E-state index in [1.807, 2.05) is 11.0 Å². The third-order valence-corrected chi connectivity index (χ3v) is 4.83. The van der Waals surface area contributed by atoms with Gasteiger partial charge in [-0.15, -0.1) is 0 Å². The third-order valence-electron chi connectivity index (χ3n) is 4.59. The van der Waals surface area contributed by atoms with Crippen LogP contribution in [-0.4, -0.2) is 44.1 Å². The van der Waals surface area contributed by atoms with Gasteiger partial charge in [0.05, 0.1) is 12.8 Å². The number of nitriles is 1. The number of halogens is 2. The first-order valence-corrected chi connectivity index (χ1v) is 9.39. The maximum absolute atomic E-state index is 13.1. The van der Waals surface area contributed by atoms with E-state index in [1.54, 1.807) is 36.5 Å². The van der Waals surface area contributed by atoms with Gasteiger partial charge in [-0.1, -0.05) is 11.6 Å². The summed E-state index contributed by atoms with van der Waals surface area (Å²) < 4.78 is 18.3. The van der Waals surface area contributed by atoms with Crippen LogP contribution in [0.3, 0.4) is 0 Å². The average molecular weight is 415 g/mol. The van der Waals surface area contributed by atoms with Crippen molar-refractivity contribution in [3.8, 4) is 11.8 Å². The second-order valence-corrected chi connectivity index (χ2v) is 6.89. The van der Waals surface area contributed by atoms with Crippen LogP contribution in [0.1, 0.15) is 0 Å². The quantitative estimate of drug-likeness (QED) is 0.597. The highest BCUT2D eigenvalue weighted by molar-refractivity contribution is 6.31. The monoisotopic (exact) mass is 414 g/mol. The van der Waals surface area contributed by atoms with Crippen LogP contribution < -0.4 is 15.0 Å². The maximum atomic E-state index is 13.1. The second-order valence-electron chi connectivity index (χ2n) is 6.45. The topological polar surface area (TPSA) is 68.6 Å². The van der Waals surface area contributed by atoms with Crippen molar-refractivity contribution in [2.75, 3.05) is 43.5 Å². The van der Waals surface area contributed by atoms with E-state index in [2.05, 4.69) is 10.2 Å². The zero-order chi connectivity index (χ0) is 20.8. The minimum Gasteiger partial charge on any atom is -0.495 e. The molecule has 2 aromatic carbocycles. The first kappa shape index (κ1) is 20.5. The summed E-state index contributed by atoms with van der Waals surface area (Å²) in [5.41, 5.74) is 1.33. The summed E-state index contributed by atoms with van der Waals surface area (Å²) in [7, 11) is 1.49. The van der Waals surface area contributed by atoms with Crippen LogP contribution >= 0.6 is 11.6 Å². The van der Waals surface area contributed by atoms with Gasteiger partial charge in [0.25, 0.3) is 5.91 Å². The Labute approximate surface area is 173 Å². The number of hydrogen-bond acceptors (Lipinski definition) is 5. The van der Waals surface area contributed by atoms with Gasteiger partial charge in [-0.2, -0.15) is 5.26 Å². The number of benzene rings is 2. The Balaban J connectivity index is 1.64. The lowest BCUT2D eigenvalue weighted by Gasteiger charge is -2.35. The molecular weight excluding hydrogens is 395 g/mol.